The predicted octanol–water partition coefficient (Wildman–Crippen LogP) is 1.70. The molecule has 0 radical (unpaired) electrons. The van der Waals surface area contributed by atoms with Gasteiger partial charge in [-0.2, -0.15) is 0 Å². The maximum atomic E-state index is 11.5. The number of hydrogen-bond donors (Lipinski definition) is 2. The number of pyridine rings is 1. The fourth-order valence-electron chi connectivity index (χ4n) is 1.26. The molecule has 2 rings (SSSR count). The Morgan fingerprint density at radius 2 is 2.35 bits per heavy atom. The molecule has 6 heteroatoms. The molecule has 0 aliphatic rings. The lowest BCUT2D eigenvalue weighted by Gasteiger charge is -2.04. The number of rotatable bonds is 3. The highest BCUT2D eigenvalue weighted by Gasteiger charge is 2.05. The van der Waals surface area contributed by atoms with Crippen molar-refractivity contribution < 1.29 is 9.32 Å². The third-order valence-electron chi connectivity index (χ3n) is 2.03. The van der Waals surface area contributed by atoms with Crippen molar-refractivity contribution in [2.75, 3.05) is 5.32 Å². The summed E-state index contributed by atoms with van der Waals surface area (Å²) in [4.78, 5) is 15.5. The molecule has 0 atom stereocenters. The lowest BCUT2D eigenvalue weighted by atomic mass is 10.3. The second-order valence-corrected chi connectivity index (χ2v) is 3.45. The first-order chi connectivity index (χ1) is 8.24. The number of aryl methyl sites for hydroxylation is 1. The molecule has 0 saturated carbocycles. The van der Waals surface area contributed by atoms with Crippen LogP contribution in [0.1, 0.15) is 11.5 Å². The van der Waals surface area contributed by atoms with Gasteiger partial charge in [-0.15, -0.1) is 0 Å². The molecule has 6 nitrogen and oxygen atoms in total. The van der Waals surface area contributed by atoms with Crippen molar-refractivity contribution in [2.45, 2.75) is 13.5 Å². The zero-order chi connectivity index (χ0) is 12.1. The Labute approximate surface area is 98.0 Å². The second-order valence-electron chi connectivity index (χ2n) is 3.45. The molecule has 0 aliphatic heterocycles. The summed E-state index contributed by atoms with van der Waals surface area (Å²) in [5.41, 5.74) is 0.791. The van der Waals surface area contributed by atoms with E-state index in [1.165, 1.54) is 0 Å². The van der Waals surface area contributed by atoms with E-state index in [0.29, 0.717) is 18.1 Å². The molecule has 0 aliphatic carbocycles. The van der Waals surface area contributed by atoms with Crippen molar-refractivity contribution in [3.63, 3.8) is 0 Å². The van der Waals surface area contributed by atoms with E-state index in [-0.39, 0.29) is 6.03 Å². The van der Waals surface area contributed by atoms with E-state index in [0.717, 1.165) is 5.69 Å². The minimum Gasteiger partial charge on any atom is -0.360 e. The summed E-state index contributed by atoms with van der Waals surface area (Å²) in [6.45, 7) is 2.12. The Morgan fingerprint density at radius 1 is 1.47 bits per heavy atom. The maximum Gasteiger partial charge on any atom is 0.320 e. The number of nitrogens with zero attached hydrogens (tertiary/aromatic N) is 2. The van der Waals surface area contributed by atoms with Gasteiger partial charge in [0.15, 0.2) is 5.82 Å². The van der Waals surface area contributed by atoms with E-state index in [4.69, 9.17) is 4.52 Å². The van der Waals surface area contributed by atoms with Gasteiger partial charge in [-0.25, -0.2) is 4.79 Å². The van der Waals surface area contributed by atoms with Crippen molar-refractivity contribution in [3.05, 3.63) is 41.9 Å². The van der Waals surface area contributed by atoms with Crippen LogP contribution in [0, 0.1) is 6.92 Å². The highest BCUT2D eigenvalue weighted by Crippen LogP contribution is 2.06. The fraction of sp³-hybridized carbons (Fsp3) is 0.182. The van der Waals surface area contributed by atoms with Crippen LogP contribution < -0.4 is 10.6 Å². The number of nitrogens with one attached hydrogen (secondary N) is 2. The van der Waals surface area contributed by atoms with E-state index >= 15 is 0 Å². The van der Waals surface area contributed by atoms with Gasteiger partial charge in [-0.05, 0) is 19.1 Å². The van der Waals surface area contributed by atoms with E-state index in [1.54, 1.807) is 19.2 Å². The molecule has 88 valence electrons. The Morgan fingerprint density at radius 3 is 3.00 bits per heavy atom. The summed E-state index contributed by atoms with van der Waals surface area (Å²) >= 11 is 0. The van der Waals surface area contributed by atoms with E-state index in [1.807, 2.05) is 18.2 Å². The highest BCUT2D eigenvalue weighted by molar-refractivity contribution is 5.88. The molecule has 0 saturated heterocycles. The Bertz CT molecular complexity index is 495. The van der Waals surface area contributed by atoms with Gasteiger partial charge in [0.1, 0.15) is 5.76 Å². The van der Waals surface area contributed by atoms with E-state index in [9.17, 15) is 4.79 Å². The lowest BCUT2D eigenvalue weighted by molar-refractivity contribution is 0.251. The zero-order valence-corrected chi connectivity index (χ0v) is 9.30. The van der Waals surface area contributed by atoms with Crippen molar-refractivity contribution in [1.82, 2.24) is 15.5 Å². The normalized spacial score (nSPS) is 9.94. The van der Waals surface area contributed by atoms with Crippen LogP contribution in [0.15, 0.2) is 35.0 Å². The first-order valence-corrected chi connectivity index (χ1v) is 5.12. The topological polar surface area (TPSA) is 80.0 Å². The third-order valence-corrected chi connectivity index (χ3v) is 2.03. The van der Waals surface area contributed by atoms with Gasteiger partial charge in [-0.3, -0.25) is 10.3 Å². The average molecular weight is 232 g/mol. The highest BCUT2D eigenvalue weighted by atomic mass is 16.5. The lowest BCUT2D eigenvalue weighted by Crippen LogP contribution is -2.28. The molecular weight excluding hydrogens is 220 g/mol. The average Bonchev–Trinajstić information content (AvgIpc) is 2.73. The number of urea groups is 1. The quantitative estimate of drug-likeness (QED) is 0.844. The first-order valence-electron chi connectivity index (χ1n) is 5.12. The third kappa shape index (κ3) is 3.30. The number of carbonyl (C=O) groups excluding carboxylic acids is 1. The van der Waals surface area contributed by atoms with Gasteiger partial charge >= 0.3 is 6.03 Å². The van der Waals surface area contributed by atoms with Gasteiger partial charge in [-0.1, -0.05) is 11.2 Å². The van der Waals surface area contributed by atoms with Gasteiger partial charge in [0, 0.05) is 12.3 Å². The van der Waals surface area contributed by atoms with Crippen molar-refractivity contribution >= 4 is 11.8 Å². The van der Waals surface area contributed by atoms with Gasteiger partial charge in [0.25, 0.3) is 0 Å². The number of anilines is 1. The maximum absolute atomic E-state index is 11.5. The van der Waals surface area contributed by atoms with E-state index < -0.39 is 0 Å². The van der Waals surface area contributed by atoms with Crippen molar-refractivity contribution in [2.24, 2.45) is 0 Å². The summed E-state index contributed by atoms with van der Waals surface area (Å²) in [7, 11) is 0. The summed E-state index contributed by atoms with van der Waals surface area (Å²) in [5, 5.41) is 8.86. The molecular formula is C11H12N4O2. The van der Waals surface area contributed by atoms with Crippen LogP contribution in [0.3, 0.4) is 0 Å². The predicted molar refractivity (Wildman–Crippen MR) is 61.3 cm³/mol. The van der Waals surface area contributed by atoms with Crippen LogP contribution >= 0.6 is 0 Å². The fourth-order valence-corrected chi connectivity index (χ4v) is 1.26. The van der Waals surface area contributed by atoms with Gasteiger partial charge in [0.2, 0.25) is 0 Å². The number of aromatic nitrogens is 2. The second kappa shape index (κ2) is 5.11. The SMILES string of the molecule is Cc1cc(NC(=O)NCc2ccccn2)no1. The van der Waals surface area contributed by atoms with Crippen LogP contribution in [0.5, 0.6) is 0 Å². The molecule has 2 aromatic heterocycles. The molecule has 0 fully saturated rings. The molecule has 2 heterocycles. The smallest absolute Gasteiger partial charge is 0.320 e. The van der Waals surface area contributed by atoms with Gasteiger partial charge in [0.05, 0.1) is 12.2 Å². The van der Waals surface area contributed by atoms with E-state index in [2.05, 4.69) is 20.8 Å². The molecule has 17 heavy (non-hydrogen) atoms. The zero-order valence-electron chi connectivity index (χ0n) is 9.30. The minimum atomic E-state index is -0.344. The Kier molecular flexibility index (Phi) is 3.34. The summed E-state index contributed by atoms with van der Waals surface area (Å²) in [6, 6.07) is 6.81. The first kappa shape index (κ1) is 11.1. The van der Waals surface area contributed by atoms with Crippen LogP contribution in [-0.4, -0.2) is 16.2 Å². The summed E-state index contributed by atoms with van der Waals surface area (Å²) in [5.74, 6) is 1.03. The van der Waals surface area contributed by atoms with Crippen LogP contribution in [-0.2, 0) is 6.54 Å². The summed E-state index contributed by atoms with van der Waals surface area (Å²) < 4.78 is 4.82. The molecule has 0 unspecified atom stereocenters. The number of amides is 2. The number of carbonyl (C=O) groups is 1. The molecule has 2 aromatic rings. The minimum absolute atomic E-state index is 0.344. The Hall–Kier alpha value is -2.37. The van der Waals surface area contributed by atoms with Crippen LogP contribution in [0.4, 0.5) is 10.6 Å². The number of hydrogen-bond acceptors (Lipinski definition) is 4. The summed E-state index contributed by atoms with van der Waals surface area (Å²) in [6.07, 6.45) is 1.68. The van der Waals surface area contributed by atoms with Crippen LogP contribution in [0.2, 0.25) is 0 Å². The largest absolute Gasteiger partial charge is 0.360 e. The standard InChI is InChI=1S/C11H12N4O2/c1-8-6-10(15-17-8)14-11(16)13-7-9-4-2-3-5-12-9/h2-6H,7H2,1H3,(H2,13,14,15,16). The molecule has 0 aromatic carbocycles. The molecule has 0 bridgehead atoms. The Balaban J connectivity index is 1.82. The molecule has 0 spiro atoms. The van der Waals surface area contributed by atoms with Crippen molar-refractivity contribution in [3.8, 4) is 0 Å². The monoisotopic (exact) mass is 232 g/mol. The molecule has 2 amide bonds. The molecule has 2 N–H and O–H groups in total. The van der Waals surface area contributed by atoms with Crippen LogP contribution in [0.25, 0.3) is 0 Å². The van der Waals surface area contributed by atoms with Crippen molar-refractivity contribution in [1.29, 1.82) is 0 Å². The van der Waals surface area contributed by atoms with Gasteiger partial charge < -0.3 is 9.84 Å².